The van der Waals surface area contributed by atoms with E-state index in [4.69, 9.17) is 4.74 Å². The number of carbonyl (C=O) groups is 3. The number of aromatic hydroxyl groups is 1. The minimum Gasteiger partial charge on any atom is -0.508 e. The van der Waals surface area contributed by atoms with Gasteiger partial charge in [-0.2, -0.15) is 0 Å². The van der Waals surface area contributed by atoms with Gasteiger partial charge in [0.05, 0.1) is 0 Å². The molecule has 3 N–H and O–H groups in total. The number of hydrogen-bond donors (Lipinski definition) is 3. The van der Waals surface area contributed by atoms with Crippen molar-refractivity contribution in [1.29, 1.82) is 0 Å². The SMILES string of the molecule is CCC(C)C(NC(=O)OC(C)(C)C)C(=O)N(C1CC1)C(C(=O)NC(C)(C)C)c1ccccc1O. The lowest BCUT2D eigenvalue weighted by molar-refractivity contribution is -0.144. The fraction of sp³-hybridized carbons (Fsp3) is 0.654. The number of carbonyl (C=O) groups excluding carboxylic acids is 3. The van der Waals surface area contributed by atoms with E-state index in [1.54, 1.807) is 43.9 Å². The van der Waals surface area contributed by atoms with Crippen LogP contribution in [-0.4, -0.2) is 51.1 Å². The molecular weight excluding hydrogens is 434 g/mol. The van der Waals surface area contributed by atoms with Crippen LogP contribution in [0, 0.1) is 5.92 Å². The molecule has 0 aromatic heterocycles. The lowest BCUT2D eigenvalue weighted by Crippen LogP contribution is -2.57. The number of nitrogens with zero attached hydrogens (tertiary/aromatic N) is 1. The van der Waals surface area contributed by atoms with E-state index in [2.05, 4.69) is 10.6 Å². The molecule has 190 valence electrons. The van der Waals surface area contributed by atoms with E-state index >= 15 is 0 Å². The number of para-hydroxylation sites is 1. The Morgan fingerprint density at radius 1 is 1.12 bits per heavy atom. The maximum absolute atomic E-state index is 14.0. The minimum absolute atomic E-state index is 0.0600. The molecule has 1 saturated carbocycles. The van der Waals surface area contributed by atoms with Gasteiger partial charge in [-0.1, -0.05) is 38.5 Å². The van der Waals surface area contributed by atoms with Crippen molar-refractivity contribution in [1.82, 2.24) is 15.5 Å². The van der Waals surface area contributed by atoms with E-state index in [0.29, 0.717) is 12.0 Å². The molecule has 3 amide bonds. The van der Waals surface area contributed by atoms with Crippen molar-refractivity contribution in [3.63, 3.8) is 0 Å². The third kappa shape index (κ3) is 7.64. The first-order chi connectivity index (χ1) is 15.6. The molecule has 1 aliphatic carbocycles. The normalized spacial score (nSPS) is 16.7. The zero-order valence-corrected chi connectivity index (χ0v) is 21.8. The summed E-state index contributed by atoms with van der Waals surface area (Å²) in [6, 6.07) is 4.50. The van der Waals surface area contributed by atoms with Crippen molar-refractivity contribution >= 4 is 17.9 Å². The third-order valence-electron chi connectivity index (χ3n) is 5.60. The zero-order valence-electron chi connectivity index (χ0n) is 21.8. The first-order valence-electron chi connectivity index (χ1n) is 12.1. The molecule has 1 fully saturated rings. The van der Waals surface area contributed by atoms with Gasteiger partial charge >= 0.3 is 6.09 Å². The summed E-state index contributed by atoms with van der Waals surface area (Å²) in [5.74, 6) is -0.999. The van der Waals surface area contributed by atoms with Gasteiger partial charge in [0.15, 0.2) is 0 Å². The molecule has 0 bridgehead atoms. The number of ether oxygens (including phenoxy) is 1. The second-order valence-electron chi connectivity index (χ2n) is 11.2. The Labute approximate surface area is 203 Å². The summed E-state index contributed by atoms with van der Waals surface area (Å²) in [5, 5.41) is 16.3. The highest BCUT2D eigenvalue weighted by molar-refractivity contribution is 5.93. The van der Waals surface area contributed by atoms with Crippen LogP contribution in [-0.2, 0) is 14.3 Å². The number of phenols is 1. The van der Waals surface area contributed by atoms with Crippen molar-refractivity contribution in [2.45, 2.75) is 104 Å². The summed E-state index contributed by atoms with van der Waals surface area (Å²) in [7, 11) is 0. The highest BCUT2D eigenvalue weighted by atomic mass is 16.6. The van der Waals surface area contributed by atoms with Crippen molar-refractivity contribution in [3.05, 3.63) is 29.8 Å². The monoisotopic (exact) mass is 475 g/mol. The number of alkyl carbamates (subject to hydrolysis) is 1. The molecule has 8 heteroatoms. The second kappa shape index (κ2) is 10.7. The maximum atomic E-state index is 14.0. The third-order valence-corrected chi connectivity index (χ3v) is 5.60. The van der Waals surface area contributed by atoms with Gasteiger partial charge < -0.3 is 25.4 Å². The van der Waals surface area contributed by atoms with Crippen LogP contribution in [0.4, 0.5) is 4.79 Å². The van der Waals surface area contributed by atoms with Gasteiger partial charge in [-0.05, 0) is 66.4 Å². The smallest absolute Gasteiger partial charge is 0.408 e. The molecule has 1 aliphatic rings. The van der Waals surface area contributed by atoms with Crippen LogP contribution >= 0.6 is 0 Å². The highest BCUT2D eigenvalue weighted by Gasteiger charge is 2.46. The van der Waals surface area contributed by atoms with Gasteiger partial charge in [-0.3, -0.25) is 9.59 Å². The Morgan fingerprint density at radius 3 is 2.18 bits per heavy atom. The average Bonchev–Trinajstić information content (AvgIpc) is 3.52. The van der Waals surface area contributed by atoms with Crippen LogP contribution < -0.4 is 10.6 Å². The van der Waals surface area contributed by atoms with Crippen LogP contribution in [0.3, 0.4) is 0 Å². The molecule has 1 aromatic rings. The lowest BCUT2D eigenvalue weighted by atomic mass is 9.95. The first-order valence-corrected chi connectivity index (χ1v) is 12.1. The summed E-state index contributed by atoms with van der Waals surface area (Å²) < 4.78 is 5.41. The molecule has 0 radical (unpaired) electrons. The second-order valence-corrected chi connectivity index (χ2v) is 11.2. The Bertz CT molecular complexity index is 883. The Hall–Kier alpha value is -2.77. The highest BCUT2D eigenvalue weighted by Crippen LogP contribution is 2.39. The van der Waals surface area contributed by atoms with E-state index in [-0.39, 0.29) is 29.5 Å². The number of nitrogens with one attached hydrogen (secondary N) is 2. The lowest BCUT2D eigenvalue weighted by Gasteiger charge is -2.37. The van der Waals surface area contributed by atoms with Crippen molar-refractivity contribution in [2.24, 2.45) is 5.92 Å². The molecule has 0 saturated heterocycles. The Morgan fingerprint density at radius 2 is 1.71 bits per heavy atom. The average molecular weight is 476 g/mol. The molecule has 0 heterocycles. The number of rotatable bonds is 8. The Balaban J connectivity index is 2.50. The van der Waals surface area contributed by atoms with Crippen molar-refractivity contribution in [3.8, 4) is 5.75 Å². The Kier molecular flexibility index (Phi) is 8.61. The molecule has 8 nitrogen and oxygen atoms in total. The predicted octanol–water partition coefficient (Wildman–Crippen LogP) is 4.28. The van der Waals surface area contributed by atoms with E-state index in [1.165, 1.54) is 6.07 Å². The molecule has 1 aromatic carbocycles. The molecule has 34 heavy (non-hydrogen) atoms. The number of phenolic OH excluding ortho intramolecular Hbond substituents is 1. The van der Waals surface area contributed by atoms with Crippen LogP contribution in [0.5, 0.6) is 5.75 Å². The van der Waals surface area contributed by atoms with Crippen molar-refractivity contribution < 1.29 is 24.2 Å². The van der Waals surface area contributed by atoms with Crippen LogP contribution in [0.2, 0.25) is 0 Å². The fourth-order valence-corrected chi connectivity index (χ4v) is 3.72. The summed E-state index contributed by atoms with van der Waals surface area (Å²) in [6.07, 6.45) is 1.46. The van der Waals surface area contributed by atoms with Gasteiger partial charge in [-0.15, -0.1) is 0 Å². The summed E-state index contributed by atoms with van der Waals surface area (Å²) in [6.45, 7) is 14.7. The summed E-state index contributed by atoms with van der Waals surface area (Å²) in [5.41, 5.74) is -0.901. The molecular formula is C26H41N3O5. The topological polar surface area (TPSA) is 108 Å². The van der Waals surface area contributed by atoms with E-state index in [0.717, 1.165) is 12.8 Å². The predicted molar refractivity (Wildman–Crippen MR) is 131 cm³/mol. The summed E-state index contributed by atoms with van der Waals surface area (Å²) in [4.78, 5) is 41.7. The zero-order chi connectivity index (χ0) is 25.8. The minimum atomic E-state index is -1.03. The number of amides is 3. The van der Waals surface area contributed by atoms with Crippen LogP contribution in [0.25, 0.3) is 0 Å². The van der Waals surface area contributed by atoms with Crippen LogP contribution in [0.1, 0.15) is 86.3 Å². The molecule has 2 rings (SSSR count). The number of hydrogen-bond acceptors (Lipinski definition) is 5. The van der Waals surface area contributed by atoms with E-state index < -0.39 is 29.3 Å². The van der Waals surface area contributed by atoms with Crippen LogP contribution in [0.15, 0.2) is 24.3 Å². The fourth-order valence-electron chi connectivity index (χ4n) is 3.72. The van der Waals surface area contributed by atoms with Gasteiger partial charge in [-0.25, -0.2) is 4.79 Å². The first kappa shape index (κ1) is 27.5. The molecule has 3 unspecified atom stereocenters. The maximum Gasteiger partial charge on any atom is 0.408 e. The van der Waals surface area contributed by atoms with Gasteiger partial charge in [0.25, 0.3) is 0 Å². The van der Waals surface area contributed by atoms with Gasteiger partial charge in [0.1, 0.15) is 23.4 Å². The van der Waals surface area contributed by atoms with Gasteiger partial charge in [0.2, 0.25) is 11.8 Å². The van der Waals surface area contributed by atoms with Gasteiger partial charge in [0, 0.05) is 17.1 Å². The van der Waals surface area contributed by atoms with Crippen molar-refractivity contribution in [2.75, 3.05) is 0 Å². The molecule has 3 atom stereocenters. The molecule has 0 spiro atoms. The number of benzene rings is 1. The molecule has 0 aliphatic heterocycles. The van der Waals surface area contributed by atoms with E-state index in [1.807, 2.05) is 34.6 Å². The largest absolute Gasteiger partial charge is 0.508 e. The summed E-state index contributed by atoms with van der Waals surface area (Å²) >= 11 is 0. The standard InChI is InChI=1S/C26H41N3O5/c1-9-16(2)20(27-24(33)34-26(6,7)8)23(32)29(17-14-15-17)21(22(31)28-25(3,4)5)18-12-10-11-13-19(18)30/h10-13,16-17,20-21,30H,9,14-15H2,1-8H3,(H,27,33)(H,28,31). The van der Waals surface area contributed by atoms with E-state index in [9.17, 15) is 19.5 Å². The quantitative estimate of drug-likeness (QED) is 0.520.